The molecule has 7 nitrogen and oxygen atoms in total. The number of hydrogen-bond acceptors (Lipinski definition) is 5. The number of aromatic nitrogens is 1. The normalized spacial score (nSPS) is 13.4. The van der Waals surface area contributed by atoms with E-state index in [9.17, 15) is 9.59 Å². The number of fused-ring (bicyclic) bond motifs is 1. The zero-order chi connectivity index (χ0) is 24.9. The van der Waals surface area contributed by atoms with Crippen molar-refractivity contribution in [2.75, 3.05) is 5.84 Å². The van der Waals surface area contributed by atoms with Crippen LogP contribution in [0.1, 0.15) is 52.2 Å². The van der Waals surface area contributed by atoms with Crippen LogP contribution in [0.5, 0.6) is 0 Å². The van der Waals surface area contributed by atoms with Crippen molar-refractivity contribution in [1.29, 1.82) is 0 Å². The predicted octanol–water partition coefficient (Wildman–Crippen LogP) is 4.35. The van der Waals surface area contributed by atoms with Crippen molar-refractivity contribution in [3.05, 3.63) is 78.0 Å². The number of carbonyl (C=O) groups excluding carboxylic acids is 2. The summed E-state index contributed by atoms with van der Waals surface area (Å²) in [6.45, 7) is 9.68. The highest BCUT2D eigenvalue weighted by Gasteiger charge is 2.47. The molecular formula is C27H34N3O4+. The Morgan fingerprint density at radius 3 is 2.38 bits per heavy atom. The van der Waals surface area contributed by atoms with Gasteiger partial charge in [-0.1, -0.05) is 55.8 Å². The van der Waals surface area contributed by atoms with Crippen molar-refractivity contribution in [3.8, 4) is 0 Å². The third-order valence-corrected chi connectivity index (χ3v) is 5.34. The summed E-state index contributed by atoms with van der Waals surface area (Å²) < 4.78 is 12.7. The van der Waals surface area contributed by atoms with E-state index in [4.69, 9.17) is 15.3 Å². The standard InChI is InChI=1S/C27H33N3O4/c1-19(2)34-24(31)27(18-26(3,4)5,29-25(32)33-17-20-10-7-6-8-11-20)22-13-14-23-21(16-22)12-9-15-30(23)28/h6-16,19H,17-18,28H2,1-5H3/p+1/t27-/m1/s1. The molecule has 7 heteroatoms. The number of benzene rings is 2. The summed E-state index contributed by atoms with van der Waals surface area (Å²) in [6.07, 6.45) is 0.986. The Hall–Kier alpha value is -3.61. The Kier molecular flexibility index (Phi) is 7.44. The number of alkyl carbamates (subject to hydrolysis) is 1. The summed E-state index contributed by atoms with van der Waals surface area (Å²) in [5, 5.41) is 3.72. The highest BCUT2D eigenvalue weighted by atomic mass is 16.6. The molecule has 0 unspecified atom stereocenters. The Balaban J connectivity index is 2.05. The molecule has 34 heavy (non-hydrogen) atoms. The molecule has 0 saturated heterocycles. The molecule has 2 aromatic carbocycles. The lowest BCUT2D eigenvalue weighted by molar-refractivity contribution is -0.611. The molecule has 0 aliphatic rings. The number of nitrogens with zero attached hydrogens (tertiary/aromatic N) is 1. The molecule has 0 saturated carbocycles. The van der Waals surface area contributed by atoms with Crippen LogP contribution in [0.3, 0.4) is 0 Å². The Morgan fingerprint density at radius 1 is 1.03 bits per heavy atom. The number of nitrogens with one attached hydrogen (secondary N) is 1. The number of amides is 1. The van der Waals surface area contributed by atoms with Gasteiger partial charge in [0.1, 0.15) is 6.61 Å². The molecule has 1 atom stereocenters. The number of nitrogens with two attached hydrogens (primary N) is 1. The molecule has 0 radical (unpaired) electrons. The lowest BCUT2D eigenvalue weighted by Crippen LogP contribution is -2.55. The van der Waals surface area contributed by atoms with E-state index >= 15 is 0 Å². The first kappa shape index (κ1) is 25.0. The van der Waals surface area contributed by atoms with Gasteiger partial charge in [0.05, 0.1) is 6.10 Å². The summed E-state index contributed by atoms with van der Waals surface area (Å²) in [5.41, 5.74) is 0.451. The number of pyridine rings is 1. The van der Waals surface area contributed by atoms with Crippen LogP contribution in [0.4, 0.5) is 4.79 Å². The SMILES string of the molecule is CC(C)OC(=O)[C@](CC(C)(C)C)(NC(=O)OCc1ccccc1)c1ccc2c(ccc[n+]2N)c1. The summed E-state index contributed by atoms with van der Waals surface area (Å²) in [5.74, 6) is 5.52. The number of nitrogen functional groups attached to an aromatic ring is 1. The molecule has 3 aromatic rings. The minimum Gasteiger partial charge on any atom is -0.461 e. The average Bonchev–Trinajstić information content (AvgIpc) is 2.76. The zero-order valence-corrected chi connectivity index (χ0v) is 20.5. The van der Waals surface area contributed by atoms with Crippen molar-refractivity contribution < 1.29 is 23.7 Å². The zero-order valence-electron chi connectivity index (χ0n) is 20.5. The third kappa shape index (κ3) is 6.04. The van der Waals surface area contributed by atoms with Crippen molar-refractivity contribution in [1.82, 2.24) is 5.32 Å². The van der Waals surface area contributed by atoms with Crippen molar-refractivity contribution in [2.24, 2.45) is 5.41 Å². The number of carbonyl (C=O) groups is 2. The van der Waals surface area contributed by atoms with E-state index in [2.05, 4.69) is 5.32 Å². The van der Waals surface area contributed by atoms with Crippen LogP contribution >= 0.6 is 0 Å². The smallest absolute Gasteiger partial charge is 0.408 e. The van der Waals surface area contributed by atoms with Crippen LogP contribution in [0, 0.1) is 5.41 Å². The van der Waals surface area contributed by atoms with Crippen molar-refractivity contribution in [2.45, 2.75) is 59.3 Å². The van der Waals surface area contributed by atoms with Gasteiger partial charge >= 0.3 is 12.1 Å². The van der Waals surface area contributed by atoms with Crippen LogP contribution in [0.15, 0.2) is 66.9 Å². The fraction of sp³-hybridized carbons (Fsp3) is 0.370. The van der Waals surface area contributed by atoms with Gasteiger partial charge in [-0.05, 0) is 55.0 Å². The van der Waals surface area contributed by atoms with Gasteiger partial charge in [-0.2, -0.15) is 0 Å². The summed E-state index contributed by atoms with van der Waals surface area (Å²) in [6, 6.07) is 18.6. The first-order chi connectivity index (χ1) is 16.0. The molecule has 0 fully saturated rings. The van der Waals surface area contributed by atoms with Gasteiger partial charge in [-0.15, -0.1) is 0 Å². The van der Waals surface area contributed by atoms with Gasteiger partial charge in [0, 0.05) is 17.5 Å². The predicted molar refractivity (Wildman–Crippen MR) is 131 cm³/mol. The van der Waals surface area contributed by atoms with Gasteiger partial charge in [0.15, 0.2) is 11.7 Å². The van der Waals surface area contributed by atoms with E-state index in [0.717, 1.165) is 16.5 Å². The van der Waals surface area contributed by atoms with Crippen LogP contribution in [-0.2, 0) is 26.4 Å². The quantitative estimate of drug-likeness (QED) is 0.308. The molecule has 1 heterocycles. The number of ether oxygens (including phenoxy) is 2. The monoisotopic (exact) mass is 464 g/mol. The maximum Gasteiger partial charge on any atom is 0.408 e. The molecule has 0 aliphatic heterocycles. The fourth-order valence-electron chi connectivity index (χ4n) is 4.01. The average molecular weight is 465 g/mol. The Labute approximate surface area is 200 Å². The number of esters is 1. The Morgan fingerprint density at radius 2 is 1.74 bits per heavy atom. The molecule has 0 bridgehead atoms. The molecule has 1 amide bonds. The molecule has 1 aromatic heterocycles. The first-order valence-electron chi connectivity index (χ1n) is 11.4. The van der Waals surface area contributed by atoms with E-state index < -0.39 is 17.6 Å². The summed E-state index contributed by atoms with van der Waals surface area (Å²) >= 11 is 0. The molecule has 0 spiro atoms. The lowest BCUT2D eigenvalue weighted by Gasteiger charge is -2.38. The van der Waals surface area contributed by atoms with Gasteiger partial charge < -0.3 is 14.8 Å². The van der Waals surface area contributed by atoms with Gasteiger partial charge in [-0.25, -0.2) is 15.4 Å². The van der Waals surface area contributed by atoms with E-state index in [1.165, 1.54) is 4.68 Å². The van der Waals surface area contributed by atoms with Crippen LogP contribution < -0.4 is 15.8 Å². The van der Waals surface area contributed by atoms with Gasteiger partial charge in [0.25, 0.3) is 0 Å². The van der Waals surface area contributed by atoms with Crippen molar-refractivity contribution >= 4 is 23.0 Å². The second kappa shape index (κ2) is 10.1. The topological polar surface area (TPSA) is 94.5 Å². The minimum absolute atomic E-state index is 0.0857. The highest BCUT2D eigenvalue weighted by molar-refractivity contribution is 5.89. The molecule has 180 valence electrons. The van der Waals surface area contributed by atoms with Crippen LogP contribution in [0.2, 0.25) is 0 Å². The van der Waals surface area contributed by atoms with E-state index in [1.807, 2.05) is 75.4 Å². The van der Waals surface area contributed by atoms with E-state index in [1.54, 1.807) is 26.1 Å². The third-order valence-electron chi connectivity index (χ3n) is 5.34. The fourth-order valence-corrected chi connectivity index (χ4v) is 4.01. The Bertz CT molecular complexity index is 1160. The maximum absolute atomic E-state index is 13.6. The molecule has 3 rings (SSSR count). The maximum atomic E-state index is 13.6. The molecular weight excluding hydrogens is 430 g/mol. The number of rotatable bonds is 7. The number of hydrogen-bond donors (Lipinski definition) is 2. The van der Waals surface area contributed by atoms with Crippen molar-refractivity contribution in [3.63, 3.8) is 0 Å². The van der Waals surface area contributed by atoms with E-state index in [-0.39, 0.29) is 18.1 Å². The minimum atomic E-state index is -1.46. The van der Waals surface area contributed by atoms with Gasteiger partial charge in [-0.3, -0.25) is 0 Å². The second-order valence-electron chi connectivity index (χ2n) is 9.97. The van der Waals surface area contributed by atoms with Gasteiger partial charge in [0.2, 0.25) is 5.52 Å². The highest BCUT2D eigenvalue weighted by Crippen LogP contribution is 2.37. The van der Waals surface area contributed by atoms with Crippen LogP contribution in [0.25, 0.3) is 10.9 Å². The largest absolute Gasteiger partial charge is 0.461 e. The van der Waals surface area contributed by atoms with Crippen LogP contribution in [-0.4, -0.2) is 18.2 Å². The lowest BCUT2D eigenvalue weighted by atomic mass is 9.75. The molecule has 0 aliphatic carbocycles. The molecule has 3 N–H and O–H groups in total. The summed E-state index contributed by atoms with van der Waals surface area (Å²) in [4.78, 5) is 26.7. The first-order valence-corrected chi connectivity index (χ1v) is 11.4. The summed E-state index contributed by atoms with van der Waals surface area (Å²) in [7, 11) is 0. The van der Waals surface area contributed by atoms with E-state index in [0.29, 0.717) is 12.0 Å². The second-order valence-corrected chi connectivity index (χ2v) is 9.97.